The fourth-order valence-electron chi connectivity index (χ4n) is 2.32. The van der Waals surface area contributed by atoms with Gasteiger partial charge in [0.2, 0.25) is 17.2 Å². The maximum Gasteiger partial charge on any atom is 0.336 e. The summed E-state index contributed by atoms with van der Waals surface area (Å²) in [6, 6.07) is 2.60. The van der Waals surface area contributed by atoms with Crippen LogP contribution in [0.25, 0.3) is 11.0 Å². The van der Waals surface area contributed by atoms with Crippen LogP contribution >= 0.6 is 0 Å². The molecular weight excluding hydrogens is 292 g/mol. The van der Waals surface area contributed by atoms with Gasteiger partial charge in [0.25, 0.3) is 0 Å². The standard InChI is InChI=1S/C15H16O7/c1-15(2,18)8-6-20-13-12(19-3)10(17)7-4-5-9(16)22-11(7)14(13)21-8/h4-5,8,17-18H,6H2,1-3H3/t8-/m1/s1. The minimum absolute atomic E-state index is 0.0507. The van der Waals surface area contributed by atoms with Crippen LogP contribution in [0, 0.1) is 0 Å². The molecule has 1 aromatic carbocycles. The van der Waals surface area contributed by atoms with Crippen molar-refractivity contribution in [1.82, 2.24) is 0 Å². The largest absolute Gasteiger partial charge is 0.504 e. The number of phenols is 1. The lowest BCUT2D eigenvalue weighted by Gasteiger charge is -2.34. The molecule has 2 heterocycles. The first-order chi connectivity index (χ1) is 10.3. The number of ether oxygens (including phenoxy) is 3. The van der Waals surface area contributed by atoms with Crippen molar-refractivity contribution >= 4 is 11.0 Å². The van der Waals surface area contributed by atoms with Gasteiger partial charge < -0.3 is 28.8 Å². The molecule has 0 unspecified atom stereocenters. The Labute approximate surface area is 125 Å². The van der Waals surface area contributed by atoms with Gasteiger partial charge in [0.05, 0.1) is 18.1 Å². The smallest absolute Gasteiger partial charge is 0.336 e. The topological polar surface area (TPSA) is 98.4 Å². The van der Waals surface area contributed by atoms with Gasteiger partial charge in [-0.1, -0.05) is 0 Å². The minimum atomic E-state index is -1.16. The Balaban J connectivity index is 2.30. The number of methoxy groups -OCH3 is 1. The number of hydrogen-bond donors (Lipinski definition) is 2. The molecule has 1 aromatic heterocycles. The Hall–Kier alpha value is -2.41. The second-order valence-electron chi connectivity index (χ2n) is 5.61. The van der Waals surface area contributed by atoms with Crippen LogP contribution in [-0.4, -0.2) is 35.6 Å². The van der Waals surface area contributed by atoms with Crippen LogP contribution in [0.5, 0.6) is 23.0 Å². The normalized spacial score (nSPS) is 17.5. The van der Waals surface area contributed by atoms with Crippen molar-refractivity contribution in [3.63, 3.8) is 0 Å². The molecule has 1 atom stereocenters. The molecule has 2 aromatic rings. The molecule has 0 bridgehead atoms. The molecule has 0 aliphatic carbocycles. The molecule has 0 radical (unpaired) electrons. The summed E-state index contributed by atoms with van der Waals surface area (Å²) in [5.41, 5.74) is -1.70. The van der Waals surface area contributed by atoms with Crippen LogP contribution in [0.2, 0.25) is 0 Å². The van der Waals surface area contributed by atoms with Crippen LogP contribution in [0.4, 0.5) is 0 Å². The minimum Gasteiger partial charge on any atom is -0.504 e. The molecule has 0 fully saturated rings. The monoisotopic (exact) mass is 308 g/mol. The number of phenolic OH excluding ortho intramolecular Hbond substituents is 1. The Morgan fingerprint density at radius 3 is 2.68 bits per heavy atom. The first kappa shape index (κ1) is 14.5. The molecule has 7 heteroatoms. The van der Waals surface area contributed by atoms with Gasteiger partial charge in [0, 0.05) is 6.07 Å². The van der Waals surface area contributed by atoms with Crippen LogP contribution in [-0.2, 0) is 0 Å². The van der Waals surface area contributed by atoms with Crippen molar-refractivity contribution in [3.8, 4) is 23.0 Å². The van der Waals surface area contributed by atoms with Crippen molar-refractivity contribution in [3.05, 3.63) is 22.6 Å². The number of benzene rings is 1. The molecule has 0 saturated heterocycles. The number of aromatic hydroxyl groups is 1. The lowest BCUT2D eigenvalue weighted by atomic mass is 10.0. The summed E-state index contributed by atoms with van der Waals surface area (Å²) in [5, 5.41) is 20.6. The van der Waals surface area contributed by atoms with E-state index in [0.717, 1.165) is 0 Å². The zero-order valence-corrected chi connectivity index (χ0v) is 12.4. The molecule has 0 amide bonds. The molecule has 1 aliphatic heterocycles. The molecule has 0 spiro atoms. The highest BCUT2D eigenvalue weighted by molar-refractivity contribution is 5.94. The summed E-state index contributed by atoms with van der Waals surface area (Å²) in [4.78, 5) is 11.5. The van der Waals surface area contributed by atoms with Crippen molar-refractivity contribution in [1.29, 1.82) is 0 Å². The van der Waals surface area contributed by atoms with E-state index < -0.39 is 17.3 Å². The fourth-order valence-corrected chi connectivity index (χ4v) is 2.32. The zero-order valence-electron chi connectivity index (χ0n) is 12.4. The molecule has 3 rings (SSSR count). The van der Waals surface area contributed by atoms with Gasteiger partial charge in [0.1, 0.15) is 6.61 Å². The second kappa shape index (κ2) is 4.81. The van der Waals surface area contributed by atoms with Crippen LogP contribution < -0.4 is 19.8 Å². The third kappa shape index (κ3) is 2.14. The maximum atomic E-state index is 11.5. The summed E-state index contributed by atoms with van der Waals surface area (Å²) in [6.45, 7) is 3.24. The van der Waals surface area contributed by atoms with Gasteiger partial charge in [-0.15, -0.1) is 0 Å². The third-order valence-electron chi connectivity index (χ3n) is 3.55. The van der Waals surface area contributed by atoms with Crippen molar-refractivity contribution in [2.24, 2.45) is 0 Å². The molecular formula is C15H16O7. The van der Waals surface area contributed by atoms with E-state index in [1.54, 1.807) is 13.8 Å². The maximum absolute atomic E-state index is 11.5. The summed E-state index contributed by atoms with van der Waals surface area (Å²) >= 11 is 0. The zero-order chi connectivity index (χ0) is 16.1. The predicted octanol–water partition coefficient (Wildman–Crippen LogP) is 1.42. The Morgan fingerprint density at radius 1 is 1.32 bits per heavy atom. The van der Waals surface area contributed by atoms with E-state index >= 15 is 0 Å². The van der Waals surface area contributed by atoms with E-state index in [2.05, 4.69) is 0 Å². The molecule has 0 saturated carbocycles. The number of rotatable bonds is 2. The fraction of sp³-hybridized carbons (Fsp3) is 0.400. The highest BCUT2D eigenvalue weighted by atomic mass is 16.6. The Bertz CT molecular complexity index is 785. The number of aliphatic hydroxyl groups is 1. The van der Waals surface area contributed by atoms with Gasteiger partial charge >= 0.3 is 5.63 Å². The summed E-state index contributed by atoms with van der Waals surface area (Å²) in [7, 11) is 1.38. The highest BCUT2D eigenvalue weighted by Crippen LogP contribution is 2.52. The summed E-state index contributed by atoms with van der Waals surface area (Å²) < 4.78 is 21.7. The van der Waals surface area contributed by atoms with Gasteiger partial charge in [-0.2, -0.15) is 0 Å². The lowest BCUT2D eigenvalue weighted by molar-refractivity contribution is -0.0655. The van der Waals surface area contributed by atoms with E-state index in [0.29, 0.717) is 0 Å². The molecule has 118 valence electrons. The van der Waals surface area contributed by atoms with E-state index in [1.807, 2.05) is 0 Å². The van der Waals surface area contributed by atoms with Gasteiger partial charge in [-0.05, 0) is 19.9 Å². The second-order valence-corrected chi connectivity index (χ2v) is 5.61. The Morgan fingerprint density at radius 2 is 2.05 bits per heavy atom. The third-order valence-corrected chi connectivity index (χ3v) is 3.55. The summed E-state index contributed by atoms with van der Waals surface area (Å²) in [5.74, 6) is 0.152. The SMILES string of the molecule is COc1c2c(c3oc(=O)ccc3c1O)O[C@@H](C(C)(C)O)CO2. The van der Waals surface area contributed by atoms with Crippen LogP contribution in [0.15, 0.2) is 21.3 Å². The lowest BCUT2D eigenvalue weighted by Crippen LogP contribution is -2.46. The van der Waals surface area contributed by atoms with E-state index in [-0.39, 0.29) is 40.6 Å². The molecule has 22 heavy (non-hydrogen) atoms. The average Bonchev–Trinajstić information content (AvgIpc) is 2.46. The van der Waals surface area contributed by atoms with E-state index in [4.69, 9.17) is 18.6 Å². The molecule has 7 nitrogen and oxygen atoms in total. The predicted molar refractivity (Wildman–Crippen MR) is 76.9 cm³/mol. The van der Waals surface area contributed by atoms with Crippen LogP contribution in [0.1, 0.15) is 13.8 Å². The first-order valence-electron chi connectivity index (χ1n) is 6.71. The number of fused-ring (bicyclic) bond motifs is 3. The van der Waals surface area contributed by atoms with Gasteiger partial charge in [-0.3, -0.25) is 0 Å². The summed E-state index contributed by atoms with van der Waals surface area (Å²) in [6.07, 6.45) is -0.664. The quantitative estimate of drug-likeness (QED) is 0.809. The van der Waals surface area contributed by atoms with E-state index in [9.17, 15) is 15.0 Å². The van der Waals surface area contributed by atoms with Crippen molar-refractivity contribution in [2.45, 2.75) is 25.6 Å². The van der Waals surface area contributed by atoms with Crippen LogP contribution in [0.3, 0.4) is 0 Å². The van der Waals surface area contributed by atoms with Crippen molar-refractivity contribution < 1.29 is 28.8 Å². The highest BCUT2D eigenvalue weighted by Gasteiger charge is 2.37. The van der Waals surface area contributed by atoms with Crippen molar-refractivity contribution in [2.75, 3.05) is 13.7 Å². The van der Waals surface area contributed by atoms with Gasteiger partial charge in [-0.25, -0.2) is 4.79 Å². The first-order valence-corrected chi connectivity index (χ1v) is 6.71. The molecule has 1 aliphatic rings. The Kier molecular flexibility index (Phi) is 3.17. The van der Waals surface area contributed by atoms with E-state index in [1.165, 1.54) is 19.2 Å². The number of hydrogen-bond acceptors (Lipinski definition) is 7. The average molecular weight is 308 g/mol. The molecule has 2 N–H and O–H groups in total. The van der Waals surface area contributed by atoms with Gasteiger partial charge in [0.15, 0.2) is 17.4 Å².